The Morgan fingerprint density at radius 1 is 1.03 bits per heavy atom. The summed E-state index contributed by atoms with van der Waals surface area (Å²) in [6.07, 6.45) is 0.814. The molecule has 0 saturated carbocycles. The molecule has 3 rings (SSSR count). The van der Waals surface area contributed by atoms with Crippen LogP contribution in [0.25, 0.3) is 0 Å². The minimum absolute atomic E-state index is 0.123. The van der Waals surface area contributed by atoms with Gasteiger partial charge >= 0.3 is 0 Å². The number of carbonyl (C=O) groups is 2. The first-order chi connectivity index (χ1) is 14.0. The van der Waals surface area contributed by atoms with Crippen molar-refractivity contribution in [2.75, 3.05) is 43.1 Å². The standard InChI is InChI=1S/C21H23Cl2N3O3/c22-16-8-6-15(7-9-16)21(28)24-10-2-5-19(27)25-18-4-1-3-17(23)20(18)26-11-13-29-14-12-26/h1,3-4,6-9H,2,5,10-14H2,(H,24,28)(H,25,27). The molecule has 2 amide bonds. The lowest BCUT2D eigenvalue weighted by Crippen LogP contribution is -2.37. The van der Waals surface area contributed by atoms with E-state index in [9.17, 15) is 9.59 Å². The van der Waals surface area contributed by atoms with Gasteiger partial charge in [0.2, 0.25) is 5.91 Å². The van der Waals surface area contributed by atoms with Crippen molar-refractivity contribution in [2.24, 2.45) is 0 Å². The molecule has 1 aliphatic rings. The molecule has 1 heterocycles. The van der Waals surface area contributed by atoms with Gasteiger partial charge in [-0.3, -0.25) is 9.59 Å². The number of hydrogen-bond donors (Lipinski definition) is 2. The Kier molecular flexibility index (Phi) is 7.75. The maximum Gasteiger partial charge on any atom is 0.251 e. The second-order valence-electron chi connectivity index (χ2n) is 6.65. The maximum atomic E-state index is 12.4. The molecule has 1 aliphatic heterocycles. The number of para-hydroxylation sites is 1. The van der Waals surface area contributed by atoms with Crippen LogP contribution >= 0.6 is 23.2 Å². The zero-order valence-corrected chi connectivity index (χ0v) is 17.4. The van der Waals surface area contributed by atoms with Crippen LogP contribution in [0.3, 0.4) is 0 Å². The molecule has 8 heteroatoms. The summed E-state index contributed by atoms with van der Waals surface area (Å²) in [6.45, 7) is 3.12. The van der Waals surface area contributed by atoms with Gasteiger partial charge in [0, 0.05) is 36.6 Å². The fraction of sp³-hybridized carbons (Fsp3) is 0.333. The van der Waals surface area contributed by atoms with E-state index in [0.717, 1.165) is 18.8 Å². The van der Waals surface area contributed by atoms with Crippen LogP contribution in [0.4, 0.5) is 11.4 Å². The van der Waals surface area contributed by atoms with Crippen molar-refractivity contribution >= 4 is 46.4 Å². The number of nitrogens with zero attached hydrogens (tertiary/aromatic N) is 1. The first-order valence-corrected chi connectivity index (χ1v) is 10.2. The lowest BCUT2D eigenvalue weighted by molar-refractivity contribution is -0.116. The number of rotatable bonds is 7. The Hall–Kier alpha value is -2.28. The first kappa shape index (κ1) is 21.4. The topological polar surface area (TPSA) is 70.7 Å². The number of anilines is 2. The van der Waals surface area contributed by atoms with E-state index in [1.807, 2.05) is 18.2 Å². The summed E-state index contributed by atoms with van der Waals surface area (Å²) in [5.74, 6) is -0.311. The van der Waals surface area contributed by atoms with Gasteiger partial charge in [-0.25, -0.2) is 0 Å². The van der Waals surface area contributed by atoms with Gasteiger partial charge in [-0.15, -0.1) is 0 Å². The summed E-state index contributed by atoms with van der Waals surface area (Å²) in [7, 11) is 0. The van der Waals surface area contributed by atoms with Crippen LogP contribution in [-0.4, -0.2) is 44.7 Å². The molecule has 154 valence electrons. The summed E-state index contributed by atoms with van der Waals surface area (Å²) in [5, 5.41) is 6.92. The van der Waals surface area contributed by atoms with Gasteiger partial charge in [0.1, 0.15) is 0 Å². The van der Waals surface area contributed by atoms with E-state index in [4.69, 9.17) is 27.9 Å². The van der Waals surface area contributed by atoms with E-state index in [1.165, 1.54) is 0 Å². The van der Waals surface area contributed by atoms with E-state index < -0.39 is 0 Å². The van der Waals surface area contributed by atoms with E-state index in [2.05, 4.69) is 15.5 Å². The van der Waals surface area contributed by atoms with Crippen LogP contribution in [0.2, 0.25) is 10.0 Å². The molecule has 6 nitrogen and oxygen atoms in total. The number of benzene rings is 2. The smallest absolute Gasteiger partial charge is 0.251 e. The highest BCUT2D eigenvalue weighted by Crippen LogP contribution is 2.34. The number of amides is 2. The summed E-state index contributed by atoms with van der Waals surface area (Å²) >= 11 is 12.2. The highest BCUT2D eigenvalue weighted by Gasteiger charge is 2.19. The summed E-state index contributed by atoms with van der Waals surface area (Å²) < 4.78 is 5.39. The SMILES string of the molecule is O=C(CCCNC(=O)c1ccc(Cl)cc1)Nc1cccc(Cl)c1N1CCOCC1. The van der Waals surface area contributed by atoms with Crippen LogP contribution < -0.4 is 15.5 Å². The van der Waals surface area contributed by atoms with Gasteiger partial charge in [0.05, 0.1) is 29.6 Å². The monoisotopic (exact) mass is 435 g/mol. The van der Waals surface area contributed by atoms with Gasteiger partial charge in [0.15, 0.2) is 0 Å². The third-order valence-electron chi connectivity index (χ3n) is 4.56. The summed E-state index contributed by atoms with van der Waals surface area (Å²) in [6, 6.07) is 12.1. The molecule has 1 fully saturated rings. The van der Waals surface area contributed by atoms with Crippen LogP contribution in [0.5, 0.6) is 0 Å². The minimum Gasteiger partial charge on any atom is -0.378 e. The Morgan fingerprint density at radius 2 is 1.76 bits per heavy atom. The molecule has 0 aliphatic carbocycles. The van der Waals surface area contributed by atoms with E-state index in [-0.39, 0.29) is 18.2 Å². The van der Waals surface area contributed by atoms with Gasteiger partial charge in [0.25, 0.3) is 5.91 Å². The predicted octanol–water partition coefficient (Wildman–Crippen LogP) is 3.98. The quantitative estimate of drug-likeness (QED) is 0.645. The molecule has 2 N–H and O–H groups in total. The highest BCUT2D eigenvalue weighted by molar-refractivity contribution is 6.34. The van der Waals surface area contributed by atoms with Gasteiger partial charge in [-0.05, 0) is 42.8 Å². The molecular weight excluding hydrogens is 413 g/mol. The fourth-order valence-electron chi connectivity index (χ4n) is 3.09. The average molecular weight is 436 g/mol. The van der Waals surface area contributed by atoms with Crippen molar-refractivity contribution in [1.82, 2.24) is 5.32 Å². The number of nitrogens with one attached hydrogen (secondary N) is 2. The molecular formula is C21H23Cl2N3O3. The first-order valence-electron chi connectivity index (χ1n) is 9.49. The van der Waals surface area contributed by atoms with Crippen molar-refractivity contribution in [3.63, 3.8) is 0 Å². The molecule has 2 aromatic rings. The van der Waals surface area contributed by atoms with Crippen molar-refractivity contribution in [1.29, 1.82) is 0 Å². The molecule has 0 spiro atoms. The molecule has 29 heavy (non-hydrogen) atoms. The molecule has 2 aromatic carbocycles. The van der Waals surface area contributed by atoms with E-state index in [0.29, 0.717) is 47.5 Å². The van der Waals surface area contributed by atoms with Crippen LogP contribution in [0, 0.1) is 0 Å². The lowest BCUT2D eigenvalue weighted by atomic mass is 10.2. The van der Waals surface area contributed by atoms with Crippen molar-refractivity contribution in [3.8, 4) is 0 Å². The second kappa shape index (κ2) is 10.5. The van der Waals surface area contributed by atoms with Crippen LogP contribution in [0.1, 0.15) is 23.2 Å². The number of halogens is 2. The minimum atomic E-state index is -0.188. The molecule has 0 radical (unpaired) electrons. The molecule has 0 bridgehead atoms. The molecule has 0 unspecified atom stereocenters. The number of morpholine rings is 1. The largest absolute Gasteiger partial charge is 0.378 e. The Balaban J connectivity index is 1.49. The average Bonchev–Trinajstić information content (AvgIpc) is 2.72. The molecule has 0 aromatic heterocycles. The number of ether oxygens (including phenoxy) is 1. The lowest BCUT2D eigenvalue weighted by Gasteiger charge is -2.31. The zero-order chi connectivity index (χ0) is 20.6. The highest BCUT2D eigenvalue weighted by atomic mass is 35.5. The Morgan fingerprint density at radius 3 is 2.48 bits per heavy atom. The summed E-state index contributed by atoms with van der Waals surface area (Å²) in [5.41, 5.74) is 2.05. The number of hydrogen-bond acceptors (Lipinski definition) is 4. The maximum absolute atomic E-state index is 12.4. The molecule has 1 saturated heterocycles. The third-order valence-corrected chi connectivity index (χ3v) is 5.12. The summed E-state index contributed by atoms with van der Waals surface area (Å²) in [4.78, 5) is 26.6. The van der Waals surface area contributed by atoms with E-state index >= 15 is 0 Å². The van der Waals surface area contributed by atoms with Crippen molar-refractivity contribution < 1.29 is 14.3 Å². The van der Waals surface area contributed by atoms with Crippen LogP contribution in [-0.2, 0) is 9.53 Å². The van der Waals surface area contributed by atoms with Crippen LogP contribution in [0.15, 0.2) is 42.5 Å². The van der Waals surface area contributed by atoms with Crippen molar-refractivity contribution in [3.05, 3.63) is 58.1 Å². The Bertz CT molecular complexity index is 853. The van der Waals surface area contributed by atoms with Gasteiger partial charge < -0.3 is 20.3 Å². The predicted molar refractivity (Wildman–Crippen MR) is 116 cm³/mol. The second-order valence-corrected chi connectivity index (χ2v) is 7.49. The number of carbonyl (C=O) groups excluding carboxylic acids is 2. The zero-order valence-electron chi connectivity index (χ0n) is 15.9. The Labute approximate surface area is 180 Å². The van der Waals surface area contributed by atoms with Gasteiger partial charge in [-0.1, -0.05) is 29.3 Å². The fourth-order valence-corrected chi connectivity index (χ4v) is 3.51. The normalized spacial score (nSPS) is 13.8. The molecule has 0 atom stereocenters. The van der Waals surface area contributed by atoms with E-state index in [1.54, 1.807) is 24.3 Å². The van der Waals surface area contributed by atoms with Gasteiger partial charge in [-0.2, -0.15) is 0 Å². The van der Waals surface area contributed by atoms with Crippen molar-refractivity contribution in [2.45, 2.75) is 12.8 Å². The third kappa shape index (κ3) is 6.10.